The fraction of sp³-hybridized carbons (Fsp3) is 0.469. The lowest BCUT2D eigenvalue weighted by Crippen LogP contribution is -2.49. The van der Waals surface area contributed by atoms with Crippen molar-refractivity contribution >= 4 is 0 Å². The molecule has 2 saturated carbocycles. The van der Waals surface area contributed by atoms with Crippen molar-refractivity contribution in [3.05, 3.63) is 76.0 Å². The molecular formula is C32H35F2NO6. The average molecular weight is 568 g/mol. The van der Waals surface area contributed by atoms with Gasteiger partial charge < -0.3 is 29.9 Å². The van der Waals surface area contributed by atoms with Gasteiger partial charge in [0.25, 0.3) is 0 Å². The Labute approximate surface area is 237 Å². The average Bonchev–Trinajstić information content (AvgIpc) is 3.48. The quantitative estimate of drug-likeness (QED) is 0.285. The van der Waals surface area contributed by atoms with E-state index in [1.807, 2.05) is 32.0 Å². The molecule has 0 bridgehead atoms. The van der Waals surface area contributed by atoms with Gasteiger partial charge in [-0.3, -0.25) is 0 Å². The number of ether oxygens (including phenoxy) is 2. The molecule has 1 heterocycles. The Morgan fingerprint density at radius 2 is 1.76 bits per heavy atom. The van der Waals surface area contributed by atoms with Crippen molar-refractivity contribution in [3.63, 3.8) is 0 Å². The third-order valence-corrected chi connectivity index (χ3v) is 9.27. The third-order valence-electron chi connectivity index (χ3n) is 9.27. The van der Waals surface area contributed by atoms with E-state index in [9.17, 15) is 24.8 Å². The van der Waals surface area contributed by atoms with Gasteiger partial charge in [0.1, 0.15) is 24.0 Å². The number of hydrogen-bond donors (Lipinski definition) is 4. The van der Waals surface area contributed by atoms with Gasteiger partial charge in [-0.2, -0.15) is 0 Å². The second kappa shape index (κ2) is 10.3. The smallest absolute Gasteiger partial charge is 0.213 e. The van der Waals surface area contributed by atoms with Crippen molar-refractivity contribution in [3.8, 4) is 22.8 Å². The molecule has 0 unspecified atom stereocenters. The molecule has 0 spiro atoms. The van der Waals surface area contributed by atoms with Gasteiger partial charge >= 0.3 is 0 Å². The lowest BCUT2D eigenvalue weighted by molar-refractivity contribution is -0.104. The van der Waals surface area contributed by atoms with E-state index in [1.54, 1.807) is 13.1 Å². The van der Waals surface area contributed by atoms with E-state index in [0.29, 0.717) is 30.0 Å². The van der Waals surface area contributed by atoms with Crippen molar-refractivity contribution in [1.82, 2.24) is 4.98 Å². The summed E-state index contributed by atoms with van der Waals surface area (Å²) in [4.78, 5) is 4.34. The van der Waals surface area contributed by atoms with Gasteiger partial charge in [0.15, 0.2) is 6.29 Å². The molecule has 6 rings (SSSR count). The predicted octanol–water partition coefficient (Wildman–Crippen LogP) is 4.32. The normalized spacial score (nSPS) is 25.8. The molecule has 2 fully saturated rings. The minimum absolute atomic E-state index is 0.0295. The number of aliphatic hydroxyl groups is 4. The van der Waals surface area contributed by atoms with Gasteiger partial charge in [0.2, 0.25) is 5.88 Å². The lowest BCUT2D eigenvalue weighted by Gasteiger charge is -2.43. The number of nitrogens with zero attached hydrogens (tertiary/aromatic N) is 1. The molecule has 0 radical (unpaired) electrons. The summed E-state index contributed by atoms with van der Waals surface area (Å²) in [5.74, 6) is -0.257. The van der Waals surface area contributed by atoms with Crippen molar-refractivity contribution in [1.29, 1.82) is 0 Å². The summed E-state index contributed by atoms with van der Waals surface area (Å²) in [6, 6.07) is 7.83. The zero-order chi connectivity index (χ0) is 29.2. The summed E-state index contributed by atoms with van der Waals surface area (Å²) in [6.45, 7) is 4.91. The second-order valence-corrected chi connectivity index (χ2v) is 12.2. The first kappa shape index (κ1) is 28.0. The Balaban J connectivity index is 1.16. The van der Waals surface area contributed by atoms with Crippen LogP contribution in [0.5, 0.6) is 11.6 Å². The Kier molecular flexibility index (Phi) is 7.05. The second-order valence-electron chi connectivity index (χ2n) is 12.2. The minimum Gasteiger partial charge on any atom is -0.490 e. The molecule has 4 atom stereocenters. The molecule has 0 saturated heterocycles. The van der Waals surface area contributed by atoms with Crippen LogP contribution in [0.2, 0.25) is 0 Å². The summed E-state index contributed by atoms with van der Waals surface area (Å²) >= 11 is 0. The number of rotatable bonds is 9. The zero-order valence-corrected chi connectivity index (χ0v) is 23.3. The summed E-state index contributed by atoms with van der Waals surface area (Å²) in [6.07, 6.45) is 2.28. The van der Waals surface area contributed by atoms with E-state index in [0.717, 1.165) is 34.7 Å². The first-order valence-electron chi connectivity index (χ1n) is 14.0. The standard InChI is InChI=1S/C32H35F2NO6/c1-15-4-20(41-21-9-19(10-21)32(3,39)14-36)5-16(2)28(15)22-7-18(25(33)11-26(22)34)13-40-27-8-17-6-23-29(24(17)12-35-27)30(23)31(37)38/h4-5,7-8,11-12,19,21,23,29-31,36-39H,6,9-10,13-14H2,1-3H3/t19?,21?,23-,29-,30+,32-/m1/s1. The molecule has 3 aliphatic carbocycles. The van der Waals surface area contributed by atoms with Crippen molar-refractivity contribution in [2.45, 2.75) is 70.6 Å². The molecule has 4 N–H and O–H groups in total. The van der Waals surface area contributed by atoms with Crippen LogP contribution in [0.3, 0.4) is 0 Å². The maximum Gasteiger partial charge on any atom is 0.213 e. The van der Waals surface area contributed by atoms with Crippen LogP contribution in [0.4, 0.5) is 8.78 Å². The van der Waals surface area contributed by atoms with E-state index in [4.69, 9.17) is 9.47 Å². The van der Waals surface area contributed by atoms with Crippen molar-refractivity contribution in [2.75, 3.05) is 6.61 Å². The van der Waals surface area contributed by atoms with Crippen LogP contribution in [0.1, 0.15) is 53.5 Å². The fourth-order valence-corrected chi connectivity index (χ4v) is 6.76. The number of fused-ring (bicyclic) bond motifs is 3. The molecule has 0 amide bonds. The monoisotopic (exact) mass is 567 g/mol. The maximum atomic E-state index is 15.1. The van der Waals surface area contributed by atoms with Gasteiger partial charge in [0, 0.05) is 35.4 Å². The summed E-state index contributed by atoms with van der Waals surface area (Å²) in [5.41, 5.74) is 3.61. The topological polar surface area (TPSA) is 112 Å². The molecule has 3 aliphatic rings. The van der Waals surface area contributed by atoms with Crippen LogP contribution in [-0.4, -0.2) is 50.0 Å². The molecule has 1 aromatic heterocycles. The predicted molar refractivity (Wildman–Crippen MR) is 146 cm³/mol. The molecule has 218 valence electrons. The molecule has 0 aliphatic heterocycles. The SMILES string of the molecule is Cc1cc(OC2CC([C@](C)(O)CO)C2)cc(C)c1-c1cc(COc2cc3c(cn2)[C@H]2[C@@H](C3)[C@@H]2C(O)O)c(F)cc1F. The largest absolute Gasteiger partial charge is 0.490 e. The first-order chi connectivity index (χ1) is 19.5. The van der Waals surface area contributed by atoms with Crippen LogP contribution in [-0.2, 0) is 13.0 Å². The highest BCUT2D eigenvalue weighted by molar-refractivity contribution is 5.73. The fourth-order valence-electron chi connectivity index (χ4n) is 6.76. The summed E-state index contributed by atoms with van der Waals surface area (Å²) in [7, 11) is 0. The number of hydrogen-bond acceptors (Lipinski definition) is 7. The number of benzene rings is 2. The molecular weight excluding hydrogens is 532 g/mol. The van der Waals surface area contributed by atoms with Crippen molar-refractivity contribution < 1.29 is 38.7 Å². The van der Waals surface area contributed by atoms with Crippen LogP contribution in [0.15, 0.2) is 36.5 Å². The van der Waals surface area contributed by atoms with Crippen LogP contribution >= 0.6 is 0 Å². The summed E-state index contributed by atoms with van der Waals surface area (Å²) in [5, 5.41) is 38.6. The van der Waals surface area contributed by atoms with Gasteiger partial charge in [-0.15, -0.1) is 0 Å². The number of aryl methyl sites for hydroxylation is 2. The molecule has 3 aromatic rings. The van der Waals surface area contributed by atoms with Gasteiger partial charge in [-0.25, -0.2) is 13.8 Å². The number of aromatic nitrogens is 1. The van der Waals surface area contributed by atoms with Crippen LogP contribution < -0.4 is 9.47 Å². The third kappa shape index (κ3) is 5.09. The highest BCUT2D eigenvalue weighted by Crippen LogP contribution is 2.62. The number of halogens is 2. The number of aliphatic hydroxyl groups excluding tert-OH is 2. The van der Waals surface area contributed by atoms with Crippen molar-refractivity contribution in [2.24, 2.45) is 17.8 Å². The lowest BCUT2D eigenvalue weighted by atomic mass is 9.72. The zero-order valence-electron chi connectivity index (χ0n) is 23.3. The highest BCUT2D eigenvalue weighted by Gasteiger charge is 2.58. The molecule has 41 heavy (non-hydrogen) atoms. The number of pyridine rings is 1. The minimum atomic E-state index is -1.33. The Bertz CT molecular complexity index is 1460. The van der Waals surface area contributed by atoms with Crippen LogP contribution in [0, 0.1) is 43.2 Å². The highest BCUT2D eigenvalue weighted by atomic mass is 19.1. The molecule has 9 heteroatoms. The first-order valence-corrected chi connectivity index (χ1v) is 14.0. The molecule has 2 aromatic carbocycles. The Hall–Kier alpha value is -3.11. The molecule has 7 nitrogen and oxygen atoms in total. The Morgan fingerprint density at radius 1 is 1.05 bits per heavy atom. The van der Waals surface area contributed by atoms with Gasteiger partial charge in [0.05, 0.1) is 18.3 Å². The van der Waals surface area contributed by atoms with E-state index < -0.39 is 23.5 Å². The van der Waals surface area contributed by atoms with Crippen LogP contribution in [0.25, 0.3) is 11.1 Å². The Morgan fingerprint density at radius 3 is 2.41 bits per heavy atom. The maximum absolute atomic E-state index is 15.1. The van der Waals surface area contributed by atoms with Gasteiger partial charge in [-0.1, -0.05) is 0 Å². The van der Waals surface area contributed by atoms with E-state index in [-0.39, 0.29) is 54.1 Å². The van der Waals surface area contributed by atoms with E-state index in [1.165, 1.54) is 6.07 Å². The summed E-state index contributed by atoms with van der Waals surface area (Å²) < 4.78 is 41.8. The van der Waals surface area contributed by atoms with Gasteiger partial charge in [-0.05, 0) is 104 Å². The van der Waals surface area contributed by atoms with E-state index >= 15 is 4.39 Å². The van der Waals surface area contributed by atoms with E-state index in [2.05, 4.69) is 4.98 Å².